The Balaban J connectivity index is 0.000000123. The van der Waals surface area contributed by atoms with E-state index in [4.69, 9.17) is 51.9 Å². The van der Waals surface area contributed by atoms with E-state index in [2.05, 4.69) is 177 Å². The number of halogens is 3. The Kier molecular flexibility index (Phi) is 29.4. The van der Waals surface area contributed by atoms with Crippen LogP contribution in [0.4, 0.5) is 44.6 Å². The predicted octanol–water partition coefficient (Wildman–Crippen LogP) is 30.3. The smallest absolute Gasteiger partial charge is 0.163 e. The lowest BCUT2D eigenvalue weighted by atomic mass is 10.0. The zero-order valence-electron chi connectivity index (χ0n) is 77.6. The van der Waals surface area contributed by atoms with Gasteiger partial charge in [-0.1, -0.05) is 96.0 Å². The fraction of sp³-hybridized carbons (Fsp3) is 0.123. The number of nitrogens with zero attached hydrogens (tertiary/aromatic N) is 11. The van der Waals surface area contributed by atoms with E-state index in [9.17, 15) is 4.39 Å². The van der Waals surface area contributed by atoms with Crippen molar-refractivity contribution in [2.45, 2.75) is 89.5 Å². The van der Waals surface area contributed by atoms with Gasteiger partial charge in [-0.25, -0.2) is 54.2 Å². The summed E-state index contributed by atoms with van der Waals surface area (Å²) in [5.41, 5.74) is 25.2. The van der Waals surface area contributed by atoms with Gasteiger partial charge in [0.15, 0.2) is 5.49 Å². The Bertz CT molecular complexity index is 7780. The first-order valence-corrected chi connectivity index (χ1v) is 45.0. The number of hydrogen-bond acceptors (Lipinski definition) is 18. The molecule has 19 nitrogen and oxygen atoms in total. The first kappa shape index (κ1) is 93.0. The van der Waals surface area contributed by atoms with Crippen LogP contribution in [-0.4, -0.2) is 49.4 Å². The number of anilines is 6. The molecule has 20 aromatic rings. The van der Waals surface area contributed by atoms with Crippen molar-refractivity contribution in [2.24, 2.45) is 12.0 Å². The molecule has 22 heteroatoms. The summed E-state index contributed by atoms with van der Waals surface area (Å²) < 4.78 is 45.8. The molecule has 5 aromatic heterocycles. The third-order valence-electron chi connectivity index (χ3n) is 23.2. The SMILES string of the molecule is Cc1cc2c(=Nc3ccc(Oc4ccccc4)cc3)ncn(C)c2cc1C.Cc1cc2ncnc(Cc3ccc(Oc4ccccc4)cc3)c2cc1C.Cc1cc2ncnc(Nc3ccc(Oc4ccc(Cl)cc4)cc3C)c2cc1C.Cc1cc2ncnc(Nc3ccc(Oc4cccc(Cl)c4)cc3C)c2cc1C.Cc1cc2ncnc(Nc3ccc(Oc4ccccc4)cc3F)c2cc1C. The number of nitrogens with one attached hydrogen (secondary N) is 3. The van der Waals surface area contributed by atoms with Gasteiger partial charge >= 0.3 is 0 Å². The third-order valence-corrected chi connectivity index (χ3v) is 23.6. The summed E-state index contributed by atoms with van der Waals surface area (Å²) in [5, 5.41) is 16.3. The van der Waals surface area contributed by atoms with Gasteiger partial charge in [-0.2, -0.15) is 0 Å². The van der Waals surface area contributed by atoms with Crippen LogP contribution in [0.2, 0.25) is 10.0 Å². The van der Waals surface area contributed by atoms with Crippen LogP contribution in [0.3, 0.4) is 0 Å². The van der Waals surface area contributed by atoms with Crippen molar-refractivity contribution >= 4 is 118 Å². The summed E-state index contributed by atoms with van der Waals surface area (Å²) >= 11 is 11.9. The van der Waals surface area contributed by atoms with Crippen LogP contribution < -0.4 is 45.1 Å². The normalized spacial score (nSPS) is 11.0. The van der Waals surface area contributed by atoms with Gasteiger partial charge in [0, 0.05) is 67.9 Å². The molecular weight excluding hydrogens is 1740 g/mol. The van der Waals surface area contributed by atoms with E-state index in [0.717, 1.165) is 163 Å². The summed E-state index contributed by atoms with van der Waals surface area (Å²) in [7, 11) is 2.00. The van der Waals surface area contributed by atoms with Crippen molar-refractivity contribution in [3.63, 3.8) is 0 Å². The second-order valence-electron chi connectivity index (χ2n) is 33.2. The monoisotopic (exact) mass is 1830 g/mol. The van der Waals surface area contributed by atoms with Crippen LogP contribution in [0.25, 0.3) is 54.5 Å². The van der Waals surface area contributed by atoms with E-state index in [-0.39, 0.29) is 0 Å². The average Bonchev–Trinajstić information content (AvgIpc) is 0.783. The Morgan fingerprint density at radius 2 is 0.625 bits per heavy atom. The molecule has 0 aliphatic carbocycles. The highest BCUT2D eigenvalue weighted by molar-refractivity contribution is 6.31. The van der Waals surface area contributed by atoms with Crippen LogP contribution in [0.15, 0.2) is 340 Å². The molecule has 0 saturated heterocycles. The highest BCUT2D eigenvalue weighted by Crippen LogP contribution is 2.37. The number of benzene rings is 15. The lowest BCUT2D eigenvalue weighted by Gasteiger charge is -2.13. The topological polar surface area (TPSA) is 216 Å². The molecule has 0 atom stereocenters. The molecule has 20 rings (SSSR count). The van der Waals surface area contributed by atoms with E-state index in [0.29, 0.717) is 38.8 Å². The minimum atomic E-state index is -0.418. The molecule has 0 aliphatic rings. The van der Waals surface area contributed by atoms with Gasteiger partial charge in [0.25, 0.3) is 0 Å². The van der Waals surface area contributed by atoms with Crippen molar-refractivity contribution in [1.29, 1.82) is 0 Å². The maximum absolute atomic E-state index is 14.6. The molecular formula is C114H99Cl2FN14O5. The van der Waals surface area contributed by atoms with Crippen molar-refractivity contribution in [3.8, 4) is 57.5 Å². The zero-order valence-corrected chi connectivity index (χ0v) is 79.1. The van der Waals surface area contributed by atoms with E-state index in [1.54, 1.807) is 37.2 Å². The van der Waals surface area contributed by atoms with E-state index < -0.39 is 5.82 Å². The molecule has 676 valence electrons. The van der Waals surface area contributed by atoms with Crippen LogP contribution in [0.5, 0.6) is 57.5 Å². The summed E-state index contributed by atoms with van der Waals surface area (Å²) in [6.45, 7) is 25.0. The summed E-state index contributed by atoms with van der Waals surface area (Å²) in [6, 6.07) is 97.1. The first-order chi connectivity index (χ1) is 65.9. The summed E-state index contributed by atoms with van der Waals surface area (Å²) in [4.78, 5) is 44.5. The highest BCUT2D eigenvalue weighted by atomic mass is 35.5. The molecule has 3 N–H and O–H groups in total. The van der Waals surface area contributed by atoms with Gasteiger partial charge in [-0.15, -0.1) is 0 Å². The van der Waals surface area contributed by atoms with Gasteiger partial charge in [-0.3, -0.25) is 0 Å². The van der Waals surface area contributed by atoms with Gasteiger partial charge in [0.05, 0.1) is 51.0 Å². The lowest BCUT2D eigenvalue weighted by molar-refractivity contribution is 0.477. The number of rotatable bonds is 19. The molecule has 0 bridgehead atoms. The number of fused-ring (bicyclic) bond motifs is 5. The molecule has 0 unspecified atom stereocenters. The average molecular weight is 1840 g/mol. The van der Waals surface area contributed by atoms with Gasteiger partial charge in [0.1, 0.15) is 106 Å². The number of para-hydroxylation sites is 3. The lowest BCUT2D eigenvalue weighted by Crippen LogP contribution is -2.12. The predicted molar refractivity (Wildman–Crippen MR) is 548 cm³/mol. The zero-order chi connectivity index (χ0) is 94.9. The number of aryl methyl sites for hydroxylation is 13. The fourth-order valence-corrected chi connectivity index (χ4v) is 15.2. The van der Waals surface area contributed by atoms with Crippen LogP contribution >= 0.6 is 23.2 Å². The van der Waals surface area contributed by atoms with Crippen molar-refractivity contribution in [3.05, 3.63) is 434 Å². The standard InChI is InChI=1S/2C23H20ClN3O.C23H21N3O.C23H20N2O.C22H18FN3O/c1-14-11-20-22(12-15(14)2)25-13-26-23(20)27-21-9-8-19(10-16(21)3)28-18-6-4-17(24)5-7-18;1-14-10-20-22(11-15(14)2)25-13-26-23(20)27-21-8-7-19(9-16(21)3)28-18-6-4-5-17(24)12-18;1-16-13-21-22(14-17(16)2)26(3)15-24-23(21)25-18-9-11-20(12-10-18)27-19-7-5-4-6-8-19;1-16-12-21-22(13-17(16)2)24-15-25-23(21)14-18-8-10-20(11-9-18)26-19-6-4-3-5-7-19;1-14-10-18-21(11-15(14)2)24-13-25-22(18)26-20-9-8-17(12-19(20)23)27-16-6-4-3-5-7-16/h2*4-13H,1-3H3,(H,25,26,27);4-15H,1-3H3;3-13,15H,14H2,1-2H3;3-13H,1-2H3,(H,24,25,26). The summed E-state index contributed by atoms with van der Waals surface area (Å²) in [5.74, 6) is 9.08. The maximum Gasteiger partial charge on any atom is 0.163 e. The molecule has 0 saturated carbocycles. The van der Waals surface area contributed by atoms with E-state index in [1.807, 2.05) is 264 Å². The second-order valence-corrected chi connectivity index (χ2v) is 34.1. The Morgan fingerprint density at radius 3 is 1.07 bits per heavy atom. The van der Waals surface area contributed by atoms with Gasteiger partial charge in [-0.05, 0) is 380 Å². The van der Waals surface area contributed by atoms with Crippen molar-refractivity contribution in [1.82, 2.24) is 49.4 Å². The van der Waals surface area contributed by atoms with Crippen LogP contribution in [-0.2, 0) is 13.5 Å². The molecule has 0 fully saturated rings. The quantitative estimate of drug-likeness (QED) is 0.0686. The number of hydrogen-bond donors (Lipinski definition) is 3. The molecule has 5 heterocycles. The molecule has 0 radical (unpaired) electrons. The van der Waals surface area contributed by atoms with Crippen molar-refractivity contribution in [2.75, 3.05) is 16.0 Å². The molecule has 0 aliphatic heterocycles. The minimum absolute atomic E-state index is 0.327. The van der Waals surface area contributed by atoms with Crippen LogP contribution in [0.1, 0.15) is 78.0 Å². The van der Waals surface area contributed by atoms with E-state index in [1.165, 1.54) is 62.5 Å². The highest BCUT2D eigenvalue weighted by Gasteiger charge is 2.17. The van der Waals surface area contributed by atoms with Gasteiger partial charge < -0.3 is 44.2 Å². The first-order valence-electron chi connectivity index (χ1n) is 44.3. The Morgan fingerprint density at radius 1 is 0.287 bits per heavy atom. The Hall–Kier alpha value is -16.3. The van der Waals surface area contributed by atoms with E-state index >= 15 is 0 Å². The Labute approximate surface area is 799 Å². The number of aromatic nitrogens is 10. The number of ether oxygens (including phenoxy) is 5. The third kappa shape index (κ3) is 23.8. The molecule has 0 amide bonds. The maximum atomic E-state index is 14.6. The van der Waals surface area contributed by atoms with Crippen molar-refractivity contribution < 1.29 is 28.1 Å². The second kappa shape index (κ2) is 42.9. The van der Waals surface area contributed by atoms with Gasteiger partial charge in [0.2, 0.25) is 0 Å². The van der Waals surface area contributed by atoms with Crippen LogP contribution in [0, 0.1) is 88.9 Å². The minimum Gasteiger partial charge on any atom is -0.457 e. The molecule has 0 spiro atoms. The fourth-order valence-electron chi connectivity index (χ4n) is 14.9. The molecule has 136 heavy (non-hydrogen) atoms. The molecule has 15 aromatic carbocycles. The summed E-state index contributed by atoms with van der Waals surface area (Å²) in [6.07, 6.45) is 8.89. The largest absolute Gasteiger partial charge is 0.457 e.